The number of anilines is 2. The lowest BCUT2D eigenvalue weighted by Crippen LogP contribution is -2.50. The molecule has 2 saturated heterocycles. The van der Waals surface area contributed by atoms with Crippen molar-refractivity contribution >= 4 is 40.5 Å². The van der Waals surface area contributed by atoms with Crippen LogP contribution < -0.4 is 15.1 Å². The number of nitrogens with zero attached hydrogens (tertiary/aromatic N) is 3. The Hall–Kier alpha value is -1.99. The molecule has 2 aliphatic rings. The van der Waals surface area contributed by atoms with Gasteiger partial charge >= 0.3 is 6.09 Å². The van der Waals surface area contributed by atoms with Crippen LogP contribution >= 0.6 is 11.6 Å². The number of ether oxygens (including phenoxy) is 1. The Morgan fingerprint density at radius 2 is 2.26 bits per heavy atom. The van der Waals surface area contributed by atoms with E-state index in [9.17, 15) is 4.79 Å². The maximum absolute atomic E-state index is 11.9. The summed E-state index contributed by atoms with van der Waals surface area (Å²) in [6.45, 7) is 5.55. The summed E-state index contributed by atoms with van der Waals surface area (Å²) < 4.78 is 11.0. The molecular weight excluding hydrogens is 320 g/mol. The van der Waals surface area contributed by atoms with Crippen LogP contribution in [0.25, 0.3) is 11.1 Å². The Labute approximate surface area is 138 Å². The maximum atomic E-state index is 11.9. The van der Waals surface area contributed by atoms with Crippen LogP contribution in [-0.4, -0.2) is 49.9 Å². The number of oxazole rings is 1. The Kier molecular flexibility index (Phi) is 3.54. The number of rotatable bonds is 2. The Morgan fingerprint density at radius 1 is 1.39 bits per heavy atom. The van der Waals surface area contributed by atoms with Crippen LogP contribution in [0.3, 0.4) is 0 Å². The summed E-state index contributed by atoms with van der Waals surface area (Å²) in [5.74, 6) is 0. The van der Waals surface area contributed by atoms with Crippen LogP contribution in [0.5, 0.6) is 0 Å². The van der Waals surface area contributed by atoms with E-state index in [2.05, 4.69) is 22.1 Å². The first-order valence-electron chi connectivity index (χ1n) is 7.65. The van der Waals surface area contributed by atoms with Crippen molar-refractivity contribution in [3.63, 3.8) is 0 Å². The predicted octanol–water partition coefficient (Wildman–Crippen LogP) is 2.24. The Balaban J connectivity index is 1.80. The standard InChI is InChI=1S/C15H17ClN4O3/c1-9-8-17-2-3-19(9)14-18-11-6-10(16)7-12(13(11)23-14)20-4-5-22-15(20)21/h6-7,9,17H,2-5,8H2,1H3. The summed E-state index contributed by atoms with van der Waals surface area (Å²) in [4.78, 5) is 20.1. The summed E-state index contributed by atoms with van der Waals surface area (Å²) >= 11 is 6.19. The number of carbonyl (C=O) groups excluding carboxylic acids is 1. The van der Waals surface area contributed by atoms with E-state index in [-0.39, 0.29) is 12.1 Å². The molecule has 7 nitrogen and oxygen atoms in total. The van der Waals surface area contributed by atoms with E-state index in [1.807, 2.05) is 0 Å². The number of cyclic esters (lactones) is 1. The molecule has 0 bridgehead atoms. The maximum Gasteiger partial charge on any atom is 0.414 e. The second-order valence-corrected chi connectivity index (χ2v) is 6.22. The highest BCUT2D eigenvalue weighted by atomic mass is 35.5. The van der Waals surface area contributed by atoms with Gasteiger partial charge in [0, 0.05) is 30.7 Å². The molecule has 1 amide bonds. The van der Waals surface area contributed by atoms with Crippen LogP contribution in [0.2, 0.25) is 5.02 Å². The number of nitrogens with one attached hydrogen (secondary N) is 1. The molecule has 0 radical (unpaired) electrons. The van der Waals surface area contributed by atoms with Gasteiger partial charge < -0.3 is 19.4 Å². The first kappa shape index (κ1) is 14.6. The summed E-state index contributed by atoms with van der Waals surface area (Å²) in [6, 6.07) is 4.31. The molecule has 8 heteroatoms. The van der Waals surface area contributed by atoms with Gasteiger partial charge in [-0.1, -0.05) is 11.6 Å². The van der Waals surface area contributed by atoms with Crippen LogP contribution in [0.15, 0.2) is 16.5 Å². The molecule has 1 aromatic carbocycles. The monoisotopic (exact) mass is 336 g/mol. The number of carbonyl (C=O) groups is 1. The molecule has 122 valence electrons. The molecule has 1 atom stereocenters. The van der Waals surface area contributed by atoms with E-state index < -0.39 is 0 Å². The fourth-order valence-electron chi connectivity index (χ4n) is 3.03. The number of benzene rings is 1. The number of aromatic nitrogens is 1. The second-order valence-electron chi connectivity index (χ2n) is 5.78. The van der Waals surface area contributed by atoms with E-state index in [1.165, 1.54) is 4.90 Å². The summed E-state index contributed by atoms with van der Waals surface area (Å²) in [6.07, 6.45) is -0.387. The highest BCUT2D eigenvalue weighted by molar-refractivity contribution is 6.32. The molecule has 1 unspecified atom stereocenters. The molecule has 0 saturated carbocycles. The first-order valence-corrected chi connectivity index (χ1v) is 8.03. The van der Waals surface area contributed by atoms with Gasteiger partial charge in [-0.15, -0.1) is 0 Å². The molecule has 0 spiro atoms. The minimum Gasteiger partial charge on any atom is -0.447 e. The average molecular weight is 337 g/mol. The van der Waals surface area contributed by atoms with E-state index in [0.717, 1.165) is 19.6 Å². The van der Waals surface area contributed by atoms with Gasteiger partial charge in [0.25, 0.3) is 6.01 Å². The summed E-state index contributed by atoms with van der Waals surface area (Å²) in [5, 5.41) is 3.85. The first-order chi connectivity index (χ1) is 11.1. The predicted molar refractivity (Wildman–Crippen MR) is 87.4 cm³/mol. The Morgan fingerprint density at radius 3 is 3.00 bits per heavy atom. The molecular formula is C15H17ClN4O3. The number of piperazine rings is 1. The molecule has 1 N–H and O–H groups in total. The summed E-state index contributed by atoms with van der Waals surface area (Å²) in [7, 11) is 0. The lowest BCUT2D eigenvalue weighted by molar-refractivity contribution is 0.181. The van der Waals surface area contributed by atoms with Crippen molar-refractivity contribution in [3.8, 4) is 0 Å². The van der Waals surface area contributed by atoms with Crippen LogP contribution in [-0.2, 0) is 4.74 Å². The van der Waals surface area contributed by atoms with Gasteiger partial charge in [0.15, 0.2) is 5.58 Å². The summed E-state index contributed by atoms with van der Waals surface area (Å²) in [5.41, 5.74) is 1.82. The third-order valence-electron chi connectivity index (χ3n) is 4.22. The second kappa shape index (κ2) is 5.58. The number of fused-ring (bicyclic) bond motifs is 1. The Bertz CT molecular complexity index is 763. The minimum absolute atomic E-state index is 0.285. The topological polar surface area (TPSA) is 70.8 Å². The van der Waals surface area contributed by atoms with E-state index >= 15 is 0 Å². The van der Waals surface area contributed by atoms with Crippen molar-refractivity contribution in [2.45, 2.75) is 13.0 Å². The molecule has 3 heterocycles. The van der Waals surface area contributed by atoms with Crippen molar-refractivity contribution in [1.82, 2.24) is 10.3 Å². The number of amides is 1. The molecule has 2 aliphatic heterocycles. The lowest BCUT2D eigenvalue weighted by Gasteiger charge is -2.32. The number of hydrogen-bond donors (Lipinski definition) is 1. The van der Waals surface area contributed by atoms with Crippen LogP contribution in [0.1, 0.15) is 6.92 Å². The quantitative estimate of drug-likeness (QED) is 0.907. The highest BCUT2D eigenvalue weighted by Gasteiger charge is 2.29. The number of halogens is 1. The molecule has 2 fully saturated rings. The normalized spacial score (nSPS) is 22.0. The van der Waals surface area contributed by atoms with Crippen molar-refractivity contribution < 1.29 is 13.9 Å². The zero-order valence-electron chi connectivity index (χ0n) is 12.7. The highest BCUT2D eigenvalue weighted by Crippen LogP contribution is 2.35. The number of hydrogen-bond acceptors (Lipinski definition) is 6. The SMILES string of the molecule is CC1CNCCN1c1nc2cc(Cl)cc(N3CCOC3=O)c2o1. The van der Waals surface area contributed by atoms with Crippen molar-refractivity contribution in [3.05, 3.63) is 17.2 Å². The third kappa shape index (κ3) is 2.49. The van der Waals surface area contributed by atoms with Gasteiger partial charge in [-0.3, -0.25) is 4.90 Å². The van der Waals surface area contributed by atoms with Crippen molar-refractivity contribution in [2.75, 3.05) is 42.6 Å². The lowest BCUT2D eigenvalue weighted by atomic mass is 10.2. The van der Waals surface area contributed by atoms with Crippen molar-refractivity contribution in [1.29, 1.82) is 0 Å². The van der Waals surface area contributed by atoms with Gasteiger partial charge in [-0.05, 0) is 19.1 Å². The third-order valence-corrected chi connectivity index (χ3v) is 4.44. The van der Waals surface area contributed by atoms with Gasteiger partial charge in [0.2, 0.25) is 0 Å². The van der Waals surface area contributed by atoms with E-state index in [0.29, 0.717) is 41.0 Å². The molecule has 4 rings (SSSR count). The van der Waals surface area contributed by atoms with Gasteiger partial charge in [0.1, 0.15) is 12.1 Å². The van der Waals surface area contributed by atoms with E-state index in [1.54, 1.807) is 12.1 Å². The molecule has 0 aliphatic carbocycles. The van der Waals surface area contributed by atoms with Crippen LogP contribution in [0.4, 0.5) is 16.5 Å². The molecule has 1 aromatic heterocycles. The zero-order valence-corrected chi connectivity index (χ0v) is 13.5. The molecule has 23 heavy (non-hydrogen) atoms. The fourth-order valence-corrected chi connectivity index (χ4v) is 3.24. The fraction of sp³-hybridized carbons (Fsp3) is 0.467. The van der Waals surface area contributed by atoms with Crippen molar-refractivity contribution in [2.24, 2.45) is 0 Å². The van der Waals surface area contributed by atoms with Gasteiger partial charge in [-0.25, -0.2) is 4.79 Å². The zero-order chi connectivity index (χ0) is 16.0. The van der Waals surface area contributed by atoms with Gasteiger partial charge in [0.05, 0.1) is 12.2 Å². The van der Waals surface area contributed by atoms with Crippen LogP contribution in [0, 0.1) is 0 Å². The molecule has 2 aromatic rings. The smallest absolute Gasteiger partial charge is 0.414 e. The largest absolute Gasteiger partial charge is 0.447 e. The van der Waals surface area contributed by atoms with Gasteiger partial charge in [-0.2, -0.15) is 4.98 Å². The average Bonchev–Trinajstić information content (AvgIpc) is 3.13. The van der Waals surface area contributed by atoms with E-state index in [4.69, 9.17) is 20.8 Å². The minimum atomic E-state index is -0.387.